The minimum atomic E-state index is -1.03. The largest absolute Gasteiger partial charge is 0.329 e. The van der Waals surface area contributed by atoms with Gasteiger partial charge in [0.25, 0.3) is 5.91 Å². The lowest BCUT2D eigenvalue weighted by Crippen LogP contribution is -2.53. The van der Waals surface area contributed by atoms with Gasteiger partial charge in [0, 0.05) is 17.7 Å². The highest BCUT2D eigenvalue weighted by Gasteiger charge is 2.35. The number of carbonyl (C=O) groups excluding carboxylic acids is 5. The molecule has 1 saturated heterocycles. The number of hydrogen-bond acceptors (Lipinski definition) is 5. The molecular weight excluding hydrogens is 302 g/mol. The maximum Gasteiger partial charge on any atom is 0.261 e. The number of hydrogen-bond donors (Lipinski definition) is 2. The molecule has 1 fully saturated rings. The second-order valence-electron chi connectivity index (χ2n) is 5.08. The molecule has 0 bridgehead atoms. The lowest BCUT2D eigenvalue weighted by atomic mass is 10.0. The number of anilines is 1. The number of nitrogens with one attached hydrogen (secondary N) is 2. The molecule has 8 heteroatoms. The van der Waals surface area contributed by atoms with Gasteiger partial charge in [-0.1, -0.05) is 6.07 Å². The van der Waals surface area contributed by atoms with Crippen LogP contribution in [0.15, 0.2) is 18.2 Å². The highest BCUT2D eigenvalue weighted by Crippen LogP contribution is 2.20. The summed E-state index contributed by atoms with van der Waals surface area (Å²) >= 11 is 0. The fraction of sp³-hybridized carbons (Fsp3) is 0.267. The molecule has 1 aromatic carbocycles. The number of piperidine rings is 1. The van der Waals surface area contributed by atoms with Crippen molar-refractivity contribution in [2.75, 3.05) is 5.32 Å². The van der Waals surface area contributed by atoms with Crippen molar-refractivity contribution >= 4 is 36.2 Å². The maximum absolute atomic E-state index is 12.6. The van der Waals surface area contributed by atoms with Gasteiger partial charge in [-0.25, -0.2) is 0 Å². The van der Waals surface area contributed by atoms with Crippen molar-refractivity contribution in [2.45, 2.75) is 25.8 Å². The van der Waals surface area contributed by atoms with E-state index in [1.165, 1.54) is 6.07 Å². The minimum absolute atomic E-state index is 0.0553. The van der Waals surface area contributed by atoms with Crippen molar-refractivity contribution in [1.29, 1.82) is 0 Å². The predicted molar refractivity (Wildman–Crippen MR) is 79.3 cm³/mol. The second-order valence-corrected chi connectivity index (χ2v) is 5.08. The van der Waals surface area contributed by atoms with Crippen molar-refractivity contribution in [1.82, 2.24) is 10.2 Å². The Hall–Kier alpha value is -3.03. The Morgan fingerprint density at radius 2 is 2.09 bits per heavy atom. The van der Waals surface area contributed by atoms with Gasteiger partial charge in [-0.05, 0) is 31.0 Å². The highest BCUT2D eigenvalue weighted by atomic mass is 16.2. The quantitative estimate of drug-likeness (QED) is 0.585. The van der Waals surface area contributed by atoms with Gasteiger partial charge in [0.05, 0.1) is 0 Å². The zero-order chi connectivity index (χ0) is 17.0. The summed E-state index contributed by atoms with van der Waals surface area (Å²) in [7, 11) is 0. The third-order valence-electron chi connectivity index (χ3n) is 3.59. The van der Waals surface area contributed by atoms with Crippen molar-refractivity contribution in [3.8, 4) is 0 Å². The molecule has 0 saturated carbocycles. The summed E-state index contributed by atoms with van der Waals surface area (Å²) in [5.41, 5.74) is 1.17. The first-order chi connectivity index (χ1) is 11.0. The van der Waals surface area contributed by atoms with Gasteiger partial charge in [0.15, 0.2) is 0 Å². The van der Waals surface area contributed by atoms with E-state index in [1.807, 2.05) is 0 Å². The van der Waals surface area contributed by atoms with Crippen LogP contribution in [0.2, 0.25) is 0 Å². The number of rotatable bonds is 5. The topological polar surface area (TPSA) is 113 Å². The standard InChI is InChI=1S/C15H15N3O5/c1-9-2-3-10(16-7-19)6-11(9)15(23)18(8-20)12-4-5-13(21)17-14(12)22/h2-3,6-8,12H,4-5H2,1H3,(H,16,19)(H,17,21,22). The molecular formula is C15H15N3O5. The van der Waals surface area contributed by atoms with Crippen molar-refractivity contribution in [2.24, 2.45) is 0 Å². The van der Waals surface area contributed by atoms with Crippen LogP contribution in [0.25, 0.3) is 0 Å². The Bertz CT molecular complexity index is 686. The molecule has 0 spiro atoms. The van der Waals surface area contributed by atoms with E-state index < -0.39 is 23.8 Å². The third-order valence-corrected chi connectivity index (χ3v) is 3.59. The molecule has 1 atom stereocenters. The van der Waals surface area contributed by atoms with E-state index in [1.54, 1.807) is 19.1 Å². The summed E-state index contributed by atoms with van der Waals surface area (Å²) in [6.45, 7) is 1.67. The van der Waals surface area contributed by atoms with E-state index >= 15 is 0 Å². The molecule has 0 radical (unpaired) electrons. The highest BCUT2D eigenvalue weighted by molar-refractivity contribution is 6.08. The number of imide groups is 2. The predicted octanol–water partition coefficient (Wildman–Crippen LogP) is -0.0329. The van der Waals surface area contributed by atoms with Gasteiger partial charge in [-0.2, -0.15) is 0 Å². The van der Waals surface area contributed by atoms with Gasteiger partial charge >= 0.3 is 0 Å². The van der Waals surface area contributed by atoms with E-state index in [0.717, 1.165) is 4.90 Å². The van der Waals surface area contributed by atoms with Crippen LogP contribution in [0.1, 0.15) is 28.8 Å². The van der Waals surface area contributed by atoms with Crippen LogP contribution in [0.4, 0.5) is 5.69 Å². The monoisotopic (exact) mass is 317 g/mol. The maximum atomic E-state index is 12.6. The molecule has 1 unspecified atom stereocenters. The second kappa shape index (κ2) is 6.82. The summed E-state index contributed by atoms with van der Waals surface area (Å²) in [5.74, 6) is -1.78. The van der Waals surface area contributed by atoms with Gasteiger partial charge in [-0.3, -0.25) is 34.2 Å². The van der Waals surface area contributed by atoms with Crippen LogP contribution in [-0.4, -0.2) is 41.5 Å². The first kappa shape index (κ1) is 16.3. The zero-order valence-electron chi connectivity index (χ0n) is 12.4. The molecule has 1 aromatic rings. The number of nitrogens with zero attached hydrogens (tertiary/aromatic N) is 1. The van der Waals surface area contributed by atoms with E-state index in [-0.39, 0.29) is 24.8 Å². The molecule has 2 rings (SSSR count). The minimum Gasteiger partial charge on any atom is -0.329 e. The summed E-state index contributed by atoms with van der Waals surface area (Å²) in [6, 6.07) is 3.62. The third kappa shape index (κ3) is 3.42. The van der Waals surface area contributed by atoms with Crippen LogP contribution in [0, 0.1) is 6.92 Å². The van der Waals surface area contributed by atoms with Crippen molar-refractivity contribution in [3.05, 3.63) is 29.3 Å². The molecule has 8 nitrogen and oxygen atoms in total. The summed E-state index contributed by atoms with van der Waals surface area (Å²) in [5, 5.41) is 4.52. The number of benzene rings is 1. The Kier molecular flexibility index (Phi) is 4.85. The van der Waals surface area contributed by atoms with Gasteiger partial charge < -0.3 is 5.32 Å². The Balaban J connectivity index is 2.31. The van der Waals surface area contributed by atoms with E-state index in [4.69, 9.17) is 0 Å². The van der Waals surface area contributed by atoms with Crippen LogP contribution >= 0.6 is 0 Å². The zero-order valence-corrected chi connectivity index (χ0v) is 12.4. The summed E-state index contributed by atoms with van der Waals surface area (Å²) in [6.07, 6.45) is 0.887. The molecule has 0 aliphatic carbocycles. The Morgan fingerprint density at radius 1 is 1.35 bits per heavy atom. The molecule has 2 N–H and O–H groups in total. The average Bonchev–Trinajstić information content (AvgIpc) is 2.52. The van der Waals surface area contributed by atoms with E-state index in [9.17, 15) is 24.0 Å². The van der Waals surface area contributed by atoms with Gasteiger partial charge in [0.2, 0.25) is 24.6 Å². The molecule has 5 amide bonds. The first-order valence-corrected chi connectivity index (χ1v) is 6.90. The molecule has 0 aromatic heterocycles. The lowest BCUT2D eigenvalue weighted by molar-refractivity contribution is -0.139. The number of carbonyl (C=O) groups is 5. The number of amides is 5. The van der Waals surface area contributed by atoms with E-state index in [0.29, 0.717) is 17.7 Å². The molecule has 120 valence electrons. The first-order valence-electron chi connectivity index (χ1n) is 6.90. The molecule has 23 heavy (non-hydrogen) atoms. The number of aryl methyl sites for hydroxylation is 1. The normalized spacial score (nSPS) is 17.2. The van der Waals surface area contributed by atoms with Gasteiger partial charge in [0.1, 0.15) is 6.04 Å². The fourth-order valence-corrected chi connectivity index (χ4v) is 2.36. The van der Waals surface area contributed by atoms with Crippen LogP contribution in [0.5, 0.6) is 0 Å². The molecule has 1 aliphatic heterocycles. The Morgan fingerprint density at radius 3 is 2.70 bits per heavy atom. The van der Waals surface area contributed by atoms with Crippen LogP contribution < -0.4 is 10.6 Å². The molecule has 1 heterocycles. The molecule has 1 aliphatic rings. The van der Waals surface area contributed by atoms with Gasteiger partial charge in [-0.15, -0.1) is 0 Å². The summed E-state index contributed by atoms with van der Waals surface area (Å²) in [4.78, 5) is 58.2. The van der Waals surface area contributed by atoms with Crippen LogP contribution in [0.3, 0.4) is 0 Å². The smallest absolute Gasteiger partial charge is 0.261 e. The van der Waals surface area contributed by atoms with E-state index in [2.05, 4.69) is 10.6 Å². The summed E-state index contributed by atoms with van der Waals surface area (Å²) < 4.78 is 0. The average molecular weight is 317 g/mol. The SMILES string of the molecule is Cc1ccc(NC=O)cc1C(=O)N(C=O)C1CCC(=O)NC1=O. The Labute approximate surface area is 131 Å². The van der Waals surface area contributed by atoms with Crippen molar-refractivity contribution in [3.63, 3.8) is 0 Å². The fourth-order valence-electron chi connectivity index (χ4n) is 2.36. The van der Waals surface area contributed by atoms with Crippen molar-refractivity contribution < 1.29 is 24.0 Å². The van der Waals surface area contributed by atoms with Crippen LogP contribution in [-0.2, 0) is 19.2 Å². The lowest BCUT2D eigenvalue weighted by Gasteiger charge is -2.28.